The van der Waals surface area contributed by atoms with Crippen LogP contribution < -0.4 is 10.1 Å². The summed E-state index contributed by atoms with van der Waals surface area (Å²) in [4.78, 5) is 50.8. The van der Waals surface area contributed by atoms with Gasteiger partial charge in [-0.1, -0.05) is 26.0 Å². The van der Waals surface area contributed by atoms with Crippen LogP contribution in [0.25, 0.3) is 0 Å². The number of esters is 3. The van der Waals surface area contributed by atoms with Gasteiger partial charge in [-0.2, -0.15) is 11.8 Å². The molecule has 1 aromatic rings. The van der Waals surface area contributed by atoms with E-state index in [0.717, 1.165) is 5.75 Å². The minimum atomic E-state index is -0.958. The maximum absolute atomic E-state index is 13.7. The lowest BCUT2D eigenvalue weighted by Crippen LogP contribution is -2.43. The molecule has 8 nitrogen and oxygen atoms in total. The second-order valence-corrected chi connectivity index (χ2v) is 9.92. The third kappa shape index (κ3) is 5.78. The van der Waals surface area contributed by atoms with Crippen molar-refractivity contribution in [1.29, 1.82) is 0 Å². The van der Waals surface area contributed by atoms with Gasteiger partial charge in [-0.3, -0.25) is 14.4 Å². The molecule has 3 atom stereocenters. The Labute approximate surface area is 209 Å². The van der Waals surface area contributed by atoms with Crippen molar-refractivity contribution in [2.75, 3.05) is 25.2 Å². The van der Waals surface area contributed by atoms with Crippen LogP contribution in [0.15, 0.2) is 46.8 Å². The van der Waals surface area contributed by atoms with Gasteiger partial charge in [0.15, 0.2) is 5.78 Å². The van der Waals surface area contributed by atoms with Crippen LogP contribution in [-0.4, -0.2) is 48.9 Å². The Morgan fingerprint density at radius 3 is 2.46 bits per heavy atom. The van der Waals surface area contributed by atoms with Crippen LogP contribution in [0.5, 0.6) is 5.75 Å². The van der Waals surface area contributed by atoms with Gasteiger partial charge in [0, 0.05) is 35.6 Å². The van der Waals surface area contributed by atoms with E-state index in [1.807, 2.05) is 13.8 Å². The zero-order chi connectivity index (χ0) is 25.7. The van der Waals surface area contributed by atoms with Crippen LogP contribution in [0.1, 0.15) is 45.6 Å². The lowest BCUT2D eigenvalue weighted by atomic mass is 9.69. The molecule has 1 heterocycles. The first-order valence-corrected chi connectivity index (χ1v) is 12.7. The monoisotopic (exact) mass is 501 g/mol. The van der Waals surface area contributed by atoms with E-state index in [0.29, 0.717) is 46.0 Å². The van der Waals surface area contributed by atoms with E-state index >= 15 is 0 Å². The molecule has 0 spiro atoms. The second-order valence-electron chi connectivity index (χ2n) is 8.53. The first-order valence-electron chi connectivity index (χ1n) is 11.6. The quantitative estimate of drug-likeness (QED) is 0.248. The molecular weight excluding hydrogens is 470 g/mol. The number of allylic oxidation sites excluding steroid dienone is 3. The fourth-order valence-corrected chi connectivity index (χ4v) is 5.08. The highest BCUT2D eigenvalue weighted by Gasteiger charge is 2.47. The number of hydrogen-bond acceptors (Lipinski definition) is 9. The first kappa shape index (κ1) is 26.5. The largest absolute Gasteiger partial charge is 0.468 e. The molecule has 35 heavy (non-hydrogen) atoms. The van der Waals surface area contributed by atoms with Crippen LogP contribution in [0, 0.1) is 11.8 Å². The first-order chi connectivity index (χ1) is 16.7. The summed E-state index contributed by atoms with van der Waals surface area (Å²) in [6.45, 7) is 7.20. The van der Waals surface area contributed by atoms with Crippen LogP contribution in [0.2, 0.25) is 0 Å². The van der Waals surface area contributed by atoms with Crippen molar-refractivity contribution in [1.82, 2.24) is 5.32 Å². The number of ketones is 1. The molecule has 9 heteroatoms. The summed E-state index contributed by atoms with van der Waals surface area (Å²) in [6.07, 6.45) is 0.454. The van der Waals surface area contributed by atoms with Crippen molar-refractivity contribution in [3.05, 3.63) is 52.4 Å². The Morgan fingerprint density at radius 1 is 1.17 bits per heavy atom. The van der Waals surface area contributed by atoms with Crippen LogP contribution in [0.4, 0.5) is 0 Å². The Bertz CT molecular complexity index is 1070. The zero-order valence-corrected chi connectivity index (χ0v) is 21.5. The molecule has 3 unspecified atom stereocenters. The highest BCUT2D eigenvalue weighted by molar-refractivity contribution is 7.99. The highest BCUT2D eigenvalue weighted by atomic mass is 32.2. The van der Waals surface area contributed by atoms with Gasteiger partial charge in [0.2, 0.25) is 0 Å². The molecule has 3 rings (SSSR count). The summed E-state index contributed by atoms with van der Waals surface area (Å²) in [5, 5.41) is 3.24. The smallest absolute Gasteiger partial charge is 0.336 e. The maximum Gasteiger partial charge on any atom is 0.336 e. The van der Waals surface area contributed by atoms with Gasteiger partial charge in [-0.05, 0) is 42.7 Å². The second kappa shape index (κ2) is 11.6. The molecule has 2 aliphatic rings. The molecular formula is C26H31NO7S. The minimum Gasteiger partial charge on any atom is -0.468 e. The van der Waals surface area contributed by atoms with E-state index in [1.54, 1.807) is 43.0 Å². The Balaban J connectivity index is 2.06. The molecule has 0 bridgehead atoms. The van der Waals surface area contributed by atoms with Crippen LogP contribution in [0.3, 0.4) is 0 Å². The summed E-state index contributed by atoms with van der Waals surface area (Å²) in [6, 6.07) is 6.65. The Hall–Kier alpha value is -3.07. The Morgan fingerprint density at radius 2 is 1.86 bits per heavy atom. The molecule has 188 valence electrons. The number of benzene rings is 1. The van der Waals surface area contributed by atoms with Crippen LogP contribution >= 0.6 is 11.8 Å². The molecule has 1 N–H and O–H groups in total. The number of methoxy groups -OCH3 is 1. The van der Waals surface area contributed by atoms with Crippen LogP contribution in [-0.2, 0) is 28.7 Å². The van der Waals surface area contributed by atoms with E-state index in [2.05, 4.69) is 5.32 Å². The third-order valence-corrected chi connectivity index (χ3v) is 6.97. The SMILES string of the molecule is CCSCCOC(=O)C1=C(C)NC2=C(C(=O)C(C(=O)OC)C(C)C2)C1c1ccc(OC(C)=O)cc1. The van der Waals surface area contributed by atoms with Gasteiger partial charge in [-0.25, -0.2) is 4.79 Å². The topological polar surface area (TPSA) is 108 Å². The fraction of sp³-hybridized carbons (Fsp3) is 0.462. The van der Waals surface area contributed by atoms with Gasteiger partial charge in [0.25, 0.3) is 0 Å². The number of nitrogens with one attached hydrogen (secondary N) is 1. The average Bonchev–Trinajstić information content (AvgIpc) is 2.80. The summed E-state index contributed by atoms with van der Waals surface area (Å²) in [5.41, 5.74) is 2.61. The standard InChI is InChI=1S/C26H31NO7S/c1-6-35-12-11-33-26(31)21-15(3)27-19-13-14(2)20(25(30)32-5)24(29)23(19)22(21)17-7-9-18(10-8-17)34-16(4)28/h7-10,14,20,22,27H,6,11-13H2,1-5H3. The van der Waals surface area contributed by atoms with Crippen molar-refractivity contribution >= 4 is 35.5 Å². The average molecular weight is 502 g/mol. The summed E-state index contributed by atoms with van der Waals surface area (Å²) >= 11 is 1.66. The van der Waals surface area contributed by atoms with E-state index in [4.69, 9.17) is 14.2 Å². The number of carbonyl (C=O) groups excluding carboxylic acids is 4. The van der Waals surface area contributed by atoms with Gasteiger partial charge < -0.3 is 19.5 Å². The molecule has 1 aromatic carbocycles. The molecule has 0 radical (unpaired) electrons. The normalized spacial score (nSPS) is 21.7. The van der Waals surface area contributed by atoms with Crippen molar-refractivity contribution in [3.8, 4) is 5.75 Å². The predicted octanol–water partition coefficient (Wildman–Crippen LogP) is 3.52. The summed E-state index contributed by atoms with van der Waals surface area (Å²) in [7, 11) is 1.26. The third-order valence-electron chi connectivity index (χ3n) is 6.10. The van der Waals surface area contributed by atoms with Gasteiger partial charge in [0.05, 0.1) is 12.7 Å². The number of thioether (sulfide) groups is 1. The van der Waals surface area contributed by atoms with E-state index in [1.165, 1.54) is 14.0 Å². The Kier molecular flexibility index (Phi) is 8.77. The molecule has 1 aliphatic carbocycles. The predicted molar refractivity (Wildman–Crippen MR) is 132 cm³/mol. The molecule has 1 aliphatic heterocycles. The zero-order valence-electron chi connectivity index (χ0n) is 20.6. The number of ether oxygens (including phenoxy) is 3. The number of carbonyl (C=O) groups is 4. The molecule has 0 aromatic heterocycles. The van der Waals surface area contributed by atoms with Crippen molar-refractivity contribution < 1.29 is 33.4 Å². The number of Topliss-reactive ketones (excluding diaryl/α,β-unsaturated/α-hetero) is 1. The lowest BCUT2D eigenvalue weighted by molar-refractivity contribution is -0.151. The van der Waals surface area contributed by atoms with Gasteiger partial charge in [-0.15, -0.1) is 0 Å². The molecule has 0 amide bonds. The van der Waals surface area contributed by atoms with E-state index in [-0.39, 0.29) is 18.3 Å². The van der Waals surface area contributed by atoms with Gasteiger partial charge >= 0.3 is 17.9 Å². The summed E-state index contributed by atoms with van der Waals surface area (Å²) < 4.78 is 15.6. The van der Waals surface area contributed by atoms with Crippen molar-refractivity contribution in [2.45, 2.75) is 40.0 Å². The molecule has 0 saturated heterocycles. The van der Waals surface area contributed by atoms with Crippen molar-refractivity contribution in [2.24, 2.45) is 11.8 Å². The van der Waals surface area contributed by atoms with E-state index in [9.17, 15) is 19.2 Å². The van der Waals surface area contributed by atoms with Crippen molar-refractivity contribution in [3.63, 3.8) is 0 Å². The maximum atomic E-state index is 13.7. The molecule has 0 saturated carbocycles. The van der Waals surface area contributed by atoms with Gasteiger partial charge in [0.1, 0.15) is 18.3 Å². The number of hydrogen-bond donors (Lipinski definition) is 1. The highest BCUT2D eigenvalue weighted by Crippen LogP contribution is 2.45. The minimum absolute atomic E-state index is 0.244. The number of rotatable bonds is 8. The van der Waals surface area contributed by atoms with E-state index < -0.39 is 29.7 Å². The lowest BCUT2D eigenvalue weighted by Gasteiger charge is -2.38. The number of dihydropyridines is 1. The molecule has 0 fully saturated rings. The summed E-state index contributed by atoms with van der Waals surface area (Å²) in [5.74, 6) is -1.97. The fourth-order valence-electron chi connectivity index (χ4n) is 4.59.